The van der Waals surface area contributed by atoms with Crippen LogP contribution in [0.1, 0.15) is 30.9 Å². The third kappa shape index (κ3) is 1.17. The molecule has 2 rings (SSSR count). The highest BCUT2D eigenvalue weighted by Crippen LogP contribution is 2.50. The van der Waals surface area contributed by atoms with Crippen molar-refractivity contribution >= 4 is 5.78 Å². The van der Waals surface area contributed by atoms with E-state index in [1.807, 2.05) is 6.07 Å². The summed E-state index contributed by atoms with van der Waals surface area (Å²) in [7, 11) is 0. The molecule has 1 aromatic rings. The zero-order valence-corrected chi connectivity index (χ0v) is 8.43. The third-order valence-corrected chi connectivity index (χ3v) is 3.21. The van der Waals surface area contributed by atoms with Crippen molar-refractivity contribution in [1.29, 1.82) is 0 Å². The van der Waals surface area contributed by atoms with Gasteiger partial charge in [-0.05, 0) is 43.9 Å². The van der Waals surface area contributed by atoms with Crippen molar-refractivity contribution in [1.82, 2.24) is 0 Å². The van der Waals surface area contributed by atoms with Crippen LogP contribution in [-0.4, -0.2) is 5.78 Å². The Bertz CT molecular complexity index is 391. The van der Waals surface area contributed by atoms with Crippen molar-refractivity contribution in [3.05, 3.63) is 35.1 Å². The maximum atomic E-state index is 13.3. The summed E-state index contributed by atoms with van der Waals surface area (Å²) < 4.78 is 13.3. The van der Waals surface area contributed by atoms with Crippen LogP contribution < -0.4 is 0 Å². The minimum atomic E-state index is -0.355. The van der Waals surface area contributed by atoms with E-state index in [2.05, 4.69) is 0 Å². The molecule has 1 aliphatic rings. The fourth-order valence-corrected chi connectivity index (χ4v) is 2.06. The van der Waals surface area contributed by atoms with Gasteiger partial charge in [-0.25, -0.2) is 4.39 Å². The van der Waals surface area contributed by atoms with Crippen molar-refractivity contribution in [3.63, 3.8) is 0 Å². The molecule has 0 heterocycles. The van der Waals surface area contributed by atoms with E-state index in [4.69, 9.17) is 0 Å². The maximum absolute atomic E-state index is 13.3. The van der Waals surface area contributed by atoms with Crippen LogP contribution in [0.15, 0.2) is 18.2 Å². The van der Waals surface area contributed by atoms with Gasteiger partial charge in [0, 0.05) is 0 Å². The van der Waals surface area contributed by atoms with Crippen LogP contribution in [0.4, 0.5) is 4.39 Å². The number of hydrogen-bond acceptors (Lipinski definition) is 1. The first kappa shape index (κ1) is 9.38. The molecule has 0 amide bonds. The average Bonchev–Trinajstić information content (AvgIpc) is 2.90. The Morgan fingerprint density at radius 2 is 2.07 bits per heavy atom. The summed E-state index contributed by atoms with van der Waals surface area (Å²) in [6.45, 7) is 3.34. The number of halogens is 1. The number of carbonyl (C=O) groups excluding carboxylic acids is 1. The van der Waals surface area contributed by atoms with E-state index in [9.17, 15) is 9.18 Å². The molecule has 74 valence electrons. The summed E-state index contributed by atoms with van der Waals surface area (Å²) >= 11 is 0. The van der Waals surface area contributed by atoms with Gasteiger partial charge in [0.05, 0.1) is 5.41 Å². The topological polar surface area (TPSA) is 17.1 Å². The Kier molecular flexibility index (Phi) is 1.95. The van der Waals surface area contributed by atoms with Crippen molar-refractivity contribution in [2.24, 2.45) is 0 Å². The van der Waals surface area contributed by atoms with E-state index in [1.54, 1.807) is 19.9 Å². The van der Waals surface area contributed by atoms with Gasteiger partial charge in [0.25, 0.3) is 0 Å². The van der Waals surface area contributed by atoms with Crippen LogP contribution in [0.2, 0.25) is 0 Å². The maximum Gasteiger partial charge on any atom is 0.140 e. The highest BCUT2D eigenvalue weighted by molar-refractivity contribution is 5.91. The molecule has 0 atom stereocenters. The molecule has 0 unspecified atom stereocenters. The van der Waals surface area contributed by atoms with Crippen molar-refractivity contribution in [3.8, 4) is 0 Å². The fraction of sp³-hybridized carbons (Fsp3) is 0.417. The second kappa shape index (κ2) is 2.91. The SMILES string of the molecule is CC(=O)C1(c2cccc(F)c2C)CC1. The average molecular weight is 192 g/mol. The first-order chi connectivity index (χ1) is 6.58. The smallest absolute Gasteiger partial charge is 0.140 e. The Morgan fingerprint density at radius 1 is 1.43 bits per heavy atom. The normalized spacial score (nSPS) is 17.9. The Balaban J connectivity index is 2.52. The molecule has 2 heteroatoms. The molecule has 1 saturated carbocycles. The van der Waals surface area contributed by atoms with E-state index in [0.29, 0.717) is 5.56 Å². The highest BCUT2D eigenvalue weighted by atomic mass is 19.1. The van der Waals surface area contributed by atoms with Crippen molar-refractivity contribution in [2.75, 3.05) is 0 Å². The minimum Gasteiger partial charge on any atom is -0.299 e. The van der Waals surface area contributed by atoms with Crippen LogP contribution in [0.25, 0.3) is 0 Å². The van der Waals surface area contributed by atoms with Crippen LogP contribution in [-0.2, 0) is 10.2 Å². The van der Waals surface area contributed by atoms with Gasteiger partial charge in [-0.2, -0.15) is 0 Å². The predicted octanol–water partition coefficient (Wildman–Crippen LogP) is 2.75. The van der Waals surface area contributed by atoms with Gasteiger partial charge in [0.1, 0.15) is 11.6 Å². The summed E-state index contributed by atoms with van der Waals surface area (Å²) in [6.07, 6.45) is 1.74. The van der Waals surface area contributed by atoms with Crippen LogP contribution >= 0.6 is 0 Å². The number of benzene rings is 1. The van der Waals surface area contributed by atoms with Crippen molar-refractivity contribution in [2.45, 2.75) is 32.1 Å². The van der Waals surface area contributed by atoms with Gasteiger partial charge in [-0.15, -0.1) is 0 Å². The lowest BCUT2D eigenvalue weighted by atomic mass is 9.88. The summed E-state index contributed by atoms with van der Waals surface area (Å²) in [4.78, 5) is 11.5. The van der Waals surface area contributed by atoms with Crippen LogP contribution in [0.5, 0.6) is 0 Å². The Hall–Kier alpha value is -1.18. The molecule has 0 bridgehead atoms. The first-order valence-corrected chi connectivity index (χ1v) is 4.84. The number of Topliss-reactive ketones (excluding diaryl/α,β-unsaturated/α-hetero) is 1. The van der Waals surface area contributed by atoms with Gasteiger partial charge >= 0.3 is 0 Å². The lowest BCUT2D eigenvalue weighted by Crippen LogP contribution is -2.18. The molecular weight excluding hydrogens is 179 g/mol. The molecule has 1 aliphatic carbocycles. The van der Waals surface area contributed by atoms with E-state index in [1.165, 1.54) is 6.07 Å². The second-order valence-corrected chi connectivity index (χ2v) is 4.05. The summed E-state index contributed by atoms with van der Waals surface area (Å²) in [5.41, 5.74) is 1.15. The quantitative estimate of drug-likeness (QED) is 0.704. The van der Waals surface area contributed by atoms with Gasteiger partial charge < -0.3 is 0 Å². The molecule has 1 aromatic carbocycles. The van der Waals surface area contributed by atoms with Gasteiger partial charge in [0.15, 0.2) is 0 Å². The molecule has 0 N–H and O–H groups in total. The largest absolute Gasteiger partial charge is 0.299 e. The van der Waals surface area contributed by atoms with E-state index < -0.39 is 0 Å². The molecule has 14 heavy (non-hydrogen) atoms. The van der Waals surface area contributed by atoms with E-state index in [0.717, 1.165) is 18.4 Å². The summed E-state index contributed by atoms with van der Waals surface area (Å²) in [6, 6.07) is 4.99. The van der Waals surface area contributed by atoms with Crippen molar-refractivity contribution < 1.29 is 9.18 Å². The minimum absolute atomic E-state index is 0.159. The summed E-state index contributed by atoms with van der Waals surface area (Å²) in [5.74, 6) is -0.0544. The number of hydrogen-bond donors (Lipinski definition) is 0. The molecule has 0 saturated heterocycles. The fourth-order valence-electron chi connectivity index (χ4n) is 2.06. The van der Waals surface area contributed by atoms with Crippen LogP contribution in [0, 0.1) is 12.7 Å². The first-order valence-electron chi connectivity index (χ1n) is 4.84. The number of carbonyl (C=O) groups is 1. The van der Waals surface area contributed by atoms with Crippen LogP contribution in [0.3, 0.4) is 0 Å². The van der Waals surface area contributed by atoms with E-state index in [-0.39, 0.29) is 17.0 Å². The Morgan fingerprint density at radius 3 is 2.57 bits per heavy atom. The molecule has 0 aliphatic heterocycles. The summed E-state index contributed by atoms with van der Waals surface area (Å²) in [5, 5.41) is 0. The number of rotatable bonds is 2. The standard InChI is InChI=1S/C12H13FO/c1-8-10(4-3-5-11(8)13)12(6-7-12)9(2)14/h3-5H,6-7H2,1-2H3. The van der Waals surface area contributed by atoms with Gasteiger partial charge in [0.2, 0.25) is 0 Å². The van der Waals surface area contributed by atoms with E-state index >= 15 is 0 Å². The molecule has 0 spiro atoms. The monoisotopic (exact) mass is 192 g/mol. The van der Waals surface area contributed by atoms with Gasteiger partial charge in [-0.3, -0.25) is 4.79 Å². The zero-order chi connectivity index (χ0) is 10.3. The highest BCUT2D eigenvalue weighted by Gasteiger charge is 2.49. The Labute approximate surface area is 82.9 Å². The third-order valence-electron chi connectivity index (χ3n) is 3.21. The number of ketones is 1. The molecular formula is C12H13FO. The molecule has 0 aromatic heterocycles. The zero-order valence-electron chi connectivity index (χ0n) is 8.43. The molecule has 1 fully saturated rings. The molecule has 1 nitrogen and oxygen atoms in total. The lowest BCUT2D eigenvalue weighted by molar-refractivity contribution is -0.119. The molecule has 0 radical (unpaired) electrons. The lowest BCUT2D eigenvalue weighted by Gasteiger charge is -2.14. The van der Waals surface area contributed by atoms with Gasteiger partial charge in [-0.1, -0.05) is 12.1 Å². The predicted molar refractivity (Wildman–Crippen MR) is 52.7 cm³/mol. The second-order valence-electron chi connectivity index (χ2n) is 4.05.